The highest BCUT2D eigenvalue weighted by Crippen LogP contribution is 2.27. The van der Waals surface area contributed by atoms with Crippen LogP contribution in [-0.4, -0.2) is 11.5 Å². The summed E-state index contributed by atoms with van der Waals surface area (Å²) >= 11 is 11.6. The van der Waals surface area contributed by atoms with Gasteiger partial charge in [0.05, 0.1) is 8.81 Å². The molecule has 0 aliphatic heterocycles. The van der Waals surface area contributed by atoms with Gasteiger partial charge in [0.2, 0.25) is 0 Å². The van der Waals surface area contributed by atoms with Crippen LogP contribution in [0.4, 0.5) is 0 Å². The van der Waals surface area contributed by atoms with Gasteiger partial charge in [0.1, 0.15) is 0 Å². The van der Waals surface area contributed by atoms with Gasteiger partial charge in [0.25, 0.3) is 0 Å². The van der Waals surface area contributed by atoms with Crippen LogP contribution < -0.4 is 5.32 Å². The van der Waals surface area contributed by atoms with Crippen LogP contribution in [0.3, 0.4) is 0 Å². The van der Waals surface area contributed by atoms with E-state index in [1.807, 2.05) is 24.3 Å². The van der Waals surface area contributed by atoms with E-state index < -0.39 is 0 Å². The molecule has 2 heterocycles. The number of benzene rings is 1. The van der Waals surface area contributed by atoms with Crippen LogP contribution in [0.25, 0.3) is 10.9 Å². The van der Waals surface area contributed by atoms with E-state index in [-0.39, 0.29) is 0 Å². The molecule has 0 saturated carbocycles. The molecule has 3 rings (SSSR count). The van der Waals surface area contributed by atoms with Crippen molar-refractivity contribution in [1.82, 2.24) is 10.3 Å². The van der Waals surface area contributed by atoms with Gasteiger partial charge in [0.15, 0.2) is 0 Å². The molecule has 0 saturated heterocycles. The van der Waals surface area contributed by atoms with Gasteiger partial charge in [-0.2, -0.15) is 0 Å². The van der Waals surface area contributed by atoms with Crippen LogP contribution in [0.15, 0.2) is 40.2 Å². The van der Waals surface area contributed by atoms with E-state index in [9.17, 15) is 0 Å². The number of halogens is 2. The molecule has 0 aliphatic carbocycles. The maximum Gasteiger partial charge on any atom is 0.0705 e. The lowest BCUT2D eigenvalue weighted by atomic mass is 10.2. The van der Waals surface area contributed by atoms with Crippen LogP contribution in [0.5, 0.6) is 0 Å². The Kier molecular flexibility index (Phi) is 4.46. The second-order valence-electron chi connectivity index (χ2n) is 4.60. The van der Waals surface area contributed by atoms with Gasteiger partial charge in [-0.05, 0) is 40.5 Å². The molecule has 0 radical (unpaired) electrons. The van der Waals surface area contributed by atoms with Gasteiger partial charge < -0.3 is 10.3 Å². The minimum atomic E-state index is 0.764. The summed E-state index contributed by atoms with van der Waals surface area (Å²) in [6.45, 7) is 1.71. The molecule has 0 fully saturated rings. The summed E-state index contributed by atoms with van der Waals surface area (Å²) in [4.78, 5) is 4.75. The standard InChI is InChI=1S/C15H14BrClN2S/c16-14-6-5-10(20-14)7-8-18-9-13-15(17)11-3-1-2-4-12(11)19-13/h1-6,18-19H,7-9H2. The molecule has 5 heteroatoms. The summed E-state index contributed by atoms with van der Waals surface area (Å²) < 4.78 is 1.19. The predicted octanol–water partition coefficient (Wildman–Crippen LogP) is 4.98. The molecule has 3 aromatic rings. The van der Waals surface area contributed by atoms with Crippen molar-refractivity contribution in [3.05, 3.63) is 55.8 Å². The smallest absolute Gasteiger partial charge is 0.0705 e. The maximum atomic E-state index is 6.38. The topological polar surface area (TPSA) is 27.8 Å². The highest BCUT2D eigenvalue weighted by molar-refractivity contribution is 9.11. The molecule has 0 aliphatic rings. The number of nitrogens with one attached hydrogen (secondary N) is 2. The fourth-order valence-corrected chi connectivity index (χ4v) is 3.96. The second-order valence-corrected chi connectivity index (χ2v) is 7.52. The largest absolute Gasteiger partial charge is 0.356 e. The SMILES string of the molecule is Clc1c(CNCCc2ccc(Br)s2)[nH]c2ccccc12. The molecule has 2 N–H and O–H groups in total. The number of rotatable bonds is 5. The van der Waals surface area contributed by atoms with Gasteiger partial charge in [-0.1, -0.05) is 29.8 Å². The lowest BCUT2D eigenvalue weighted by Gasteiger charge is -2.02. The molecule has 2 nitrogen and oxygen atoms in total. The van der Waals surface area contributed by atoms with Gasteiger partial charge >= 0.3 is 0 Å². The quantitative estimate of drug-likeness (QED) is 0.610. The molecular weight excluding hydrogens is 356 g/mol. The van der Waals surface area contributed by atoms with Gasteiger partial charge in [-0.3, -0.25) is 0 Å². The van der Waals surface area contributed by atoms with E-state index in [0.29, 0.717) is 0 Å². The highest BCUT2D eigenvalue weighted by atomic mass is 79.9. The van der Waals surface area contributed by atoms with Crippen molar-refractivity contribution in [2.24, 2.45) is 0 Å². The Morgan fingerprint density at radius 2 is 2.05 bits per heavy atom. The van der Waals surface area contributed by atoms with Crippen LogP contribution in [-0.2, 0) is 13.0 Å². The van der Waals surface area contributed by atoms with E-state index in [4.69, 9.17) is 11.6 Å². The lowest BCUT2D eigenvalue weighted by Crippen LogP contribution is -2.16. The lowest BCUT2D eigenvalue weighted by molar-refractivity contribution is 0.682. The van der Waals surface area contributed by atoms with E-state index >= 15 is 0 Å². The zero-order valence-corrected chi connectivity index (χ0v) is 13.9. The Morgan fingerprint density at radius 1 is 1.20 bits per heavy atom. The van der Waals surface area contributed by atoms with Crippen LogP contribution >= 0.6 is 38.9 Å². The van der Waals surface area contributed by atoms with Crippen LogP contribution in [0, 0.1) is 0 Å². The van der Waals surface area contributed by atoms with E-state index in [0.717, 1.165) is 41.1 Å². The molecule has 0 bridgehead atoms. The number of aromatic amines is 1. The summed E-state index contributed by atoms with van der Waals surface area (Å²) in [5, 5.41) is 5.35. The van der Waals surface area contributed by atoms with Crippen LogP contribution in [0.1, 0.15) is 10.6 Å². The Bertz CT molecular complexity index is 720. The molecule has 0 amide bonds. The third-order valence-corrected chi connectivity index (χ3v) is 5.31. The number of aromatic nitrogens is 1. The number of hydrogen-bond acceptors (Lipinski definition) is 2. The molecule has 104 valence electrons. The van der Waals surface area contributed by atoms with Crippen molar-refractivity contribution < 1.29 is 0 Å². The first-order chi connectivity index (χ1) is 9.74. The predicted molar refractivity (Wildman–Crippen MR) is 90.7 cm³/mol. The molecule has 20 heavy (non-hydrogen) atoms. The van der Waals surface area contributed by atoms with Gasteiger partial charge in [-0.15, -0.1) is 11.3 Å². The highest BCUT2D eigenvalue weighted by Gasteiger charge is 2.08. The summed E-state index contributed by atoms with van der Waals surface area (Å²) in [6, 6.07) is 12.4. The number of fused-ring (bicyclic) bond motifs is 1. The van der Waals surface area contributed by atoms with Crippen molar-refractivity contribution >= 4 is 49.8 Å². The van der Waals surface area contributed by atoms with Crippen molar-refractivity contribution in [3.8, 4) is 0 Å². The summed E-state index contributed by atoms with van der Waals surface area (Å²) in [5.74, 6) is 0. The summed E-state index contributed by atoms with van der Waals surface area (Å²) in [6.07, 6.45) is 1.04. The Balaban J connectivity index is 1.58. The van der Waals surface area contributed by atoms with Crippen molar-refractivity contribution in [3.63, 3.8) is 0 Å². The number of H-pyrrole nitrogens is 1. The Morgan fingerprint density at radius 3 is 2.80 bits per heavy atom. The van der Waals surface area contributed by atoms with Crippen molar-refractivity contribution in [2.75, 3.05) is 6.54 Å². The molecule has 2 aromatic heterocycles. The van der Waals surface area contributed by atoms with Crippen molar-refractivity contribution in [1.29, 1.82) is 0 Å². The Labute approximate surface area is 135 Å². The van der Waals surface area contributed by atoms with Crippen LogP contribution in [0.2, 0.25) is 5.02 Å². The fraction of sp³-hybridized carbons (Fsp3) is 0.200. The number of hydrogen-bond donors (Lipinski definition) is 2. The van der Waals surface area contributed by atoms with Gasteiger partial charge in [-0.25, -0.2) is 0 Å². The van der Waals surface area contributed by atoms with E-state index in [2.05, 4.69) is 38.4 Å². The fourth-order valence-electron chi connectivity index (χ4n) is 2.20. The van der Waals surface area contributed by atoms with Gasteiger partial charge in [0, 0.05) is 34.6 Å². The Hall–Kier alpha value is -0.810. The average Bonchev–Trinajstić information content (AvgIpc) is 3.00. The second kappa shape index (κ2) is 6.31. The minimum Gasteiger partial charge on any atom is -0.356 e. The molecule has 0 unspecified atom stereocenters. The third kappa shape index (κ3) is 3.09. The molecular formula is C15H14BrClN2S. The monoisotopic (exact) mass is 368 g/mol. The molecule has 0 spiro atoms. The maximum absolute atomic E-state index is 6.38. The first-order valence-electron chi connectivity index (χ1n) is 6.44. The van der Waals surface area contributed by atoms with E-state index in [1.165, 1.54) is 8.66 Å². The summed E-state index contributed by atoms with van der Waals surface area (Å²) in [5.41, 5.74) is 2.15. The zero-order chi connectivity index (χ0) is 13.9. The first-order valence-corrected chi connectivity index (χ1v) is 8.43. The average molecular weight is 370 g/mol. The first kappa shape index (κ1) is 14.1. The van der Waals surface area contributed by atoms with Crippen molar-refractivity contribution in [2.45, 2.75) is 13.0 Å². The number of thiophene rings is 1. The normalized spacial score (nSPS) is 11.3. The molecule has 0 atom stereocenters. The van der Waals surface area contributed by atoms with E-state index in [1.54, 1.807) is 11.3 Å². The zero-order valence-electron chi connectivity index (χ0n) is 10.7. The third-order valence-electron chi connectivity index (χ3n) is 3.19. The minimum absolute atomic E-state index is 0.764. The number of para-hydroxylation sites is 1. The summed E-state index contributed by atoms with van der Waals surface area (Å²) in [7, 11) is 0. The molecule has 1 aromatic carbocycles.